The molecule has 268 valence electrons. The molecular formula is C40H53N5O5. The van der Waals surface area contributed by atoms with Gasteiger partial charge in [-0.25, -0.2) is 4.98 Å². The molecule has 4 rings (SSSR count). The zero-order chi connectivity index (χ0) is 36.8. The highest BCUT2D eigenvalue weighted by molar-refractivity contribution is 5.78. The zero-order valence-corrected chi connectivity index (χ0v) is 31.1. The van der Waals surface area contributed by atoms with Gasteiger partial charge in [-0.3, -0.25) is 14.4 Å². The van der Waals surface area contributed by atoms with Crippen LogP contribution in [0.4, 0.5) is 17.2 Å². The van der Waals surface area contributed by atoms with Crippen LogP contribution < -0.4 is 21.1 Å². The maximum atomic E-state index is 13.2. The molecule has 10 nitrogen and oxygen atoms in total. The number of hydrogen-bond donors (Lipinski definition) is 2. The second kappa shape index (κ2) is 18.8. The van der Waals surface area contributed by atoms with E-state index in [-0.39, 0.29) is 23.6 Å². The van der Waals surface area contributed by atoms with Crippen molar-refractivity contribution in [1.82, 2.24) is 14.9 Å². The maximum Gasteiger partial charge on any atom is 0.302 e. The van der Waals surface area contributed by atoms with Gasteiger partial charge in [0.15, 0.2) is 0 Å². The third-order valence-electron chi connectivity index (χ3n) is 8.23. The highest BCUT2D eigenvalue weighted by Gasteiger charge is 2.19. The highest BCUT2D eigenvalue weighted by atomic mass is 16.5. The number of carbonyl (C=O) groups excluding carboxylic acids is 2. The topological polar surface area (TPSA) is 115 Å². The van der Waals surface area contributed by atoms with Gasteiger partial charge in [0.1, 0.15) is 24.4 Å². The number of methoxy groups -OCH3 is 1. The molecule has 0 radical (unpaired) electrons. The Kier molecular flexibility index (Phi) is 14.9. The van der Waals surface area contributed by atoms with E-state index in [1.807, 2.05) is 63.4 Å². The van der Waals surface area contributed by atoms with Gasteiger partial charge in [0.2, 0.25) is 0 Å². The van der Waals surface area contributed by atoms with E-state index in [1.165, 1.54) is 17.1 Å². The molecule has 0 unspecified atom stereocenters. The Labute approximate surface area is 296 Å². The van der Waals surface area contributed by atoms with Gasteiger partial charge in [0.25, 0.3) is 5.56 Å². The summed E-state index contributed by atoms with van der Waals surface area (Å²) in [7, 11) is 5.36. The molecule has 0 aliphatic rings. The number of aldehydes is 1. The number of hydrogen-bond acceptors (Lipinski definition) is 9. The molecule has 4 aromatic rings. The molecule has 50 heavy (non-hydrogen) atoms. The first-order valence-corrected chi connectivity index (χ1v) is 17.1. The Hall–Kier alpha value is -4.80. The van der Waals surface area contributed by atoms with E-state index in [4.69, 9.17) is 9.47 Å². The Balaban J connectivity index is 0.00000332. The summed E-state index contributed by atoms with van der Waals surface area (Å²) in [5.41, 5.74) is 7.26. The number of benzene rings is 2. The molecule has 0 atom stereocenters. The SMILES string of the molecule is CC.COCCNCc1ccc(Nc2cc(-c3cccc(N(C)CCc4cc(C(C)(C)C)ccc4C=O)c3COC(C)=O)cn(C)c2=O)nc1. The van der Waals surface area contributed by atoms with Crippen LogP contribution >= 0.6 is 0 Å². The smallest absolute Gasteiger partial charge is 0.302 e. The minimum Gasteiger partial charge on any atom is -0.461 e. The minimum absolute atomic E-state index is 0.0435. The van der Waals surface area contributed by atoms with E-state index >= 15 is 0 Å². The van der Waals surface area contributed by atoms with E-state index in [0.717, 1.165) is 46.3 Å². The second-order valence-electron chi connectivity index (χ2n) is 12.9. The van der Waals surface area contributed by atoms with Crippen LogP contribution in [0.1, 0.15) is 74.2 Å². The molecule has 0 saturated heterocycles. The third kappa shape index (κ3) is 10.9. The lowest BCUT2D eigenvalue weighted by Gasteiger charge is -2.26. The largest absolute Gasteiger partial charge is 0.461 e. The van der Waals surface area contributed by atoms with E-state index in [9.17, 15) is 14.4 Å². The molecule has 0 aliphatic carbocycles. The molecule has 2 N–H and O–H groups in total. The van der Waals surface area contributed by atoms with Gasteiger partial charge >= 0.3 is 5.97 Å². The fourth-order valence-electron chi connectivity index (χ4n) is 5.44. The van der Waals surface area contributed by atoms with Crippen LogP contribution in [0, 0.1) is 0 Å². The average Bonchev–Trinajstić information content (AvgIpc) is 3.10. The second-order valence-corrected chi connectivity index (χ2v) is 12.9. The Morgan fingerprint density at radius 3 is 2.48 bits per heavy atom. The van der Waals surface area contributed by atoms with Crippen LogP contribution in [0.5, 0.6) is 0 Å². The van der Waals surface area contributed by atoms with Crippen LogP contribution in [0.15, 0.2) is 71.8 Å². The quantitative estimate of drug-likeness (QED) is 0.0793. The summed E-state index contributed by atoms with van der Waals surface area (Å²) in [5.74, 6) is 0.156. The predicted molar refractivity (Wildman–Crippen MR) is 203 cm³/mol. The van der Waals surface area contributed by atoms with Gasteiger partial charge in [-0.05, 0) is 52.3 Å². The number of anilines is 3. The van der Waals surface area contributed by atoms with Gasteiger partial charge < -0.3 is 29.6 Å². The highest BCUT2D eigenvalue weighted by Crippen LogP contribution is 2.33. The molecule has 0 aliphatic heterocycles. The van der Waals surface area contributed by atoms with Crippen molar-refractivity contribution >= 4 is 29.4 Å². The van der Waals surface area contributed by atoms with Gasteiger partial charge in [-0.15, -0.1) is 0 Å². The first-order chi connectivity index (χ1) is 23.9. The molecule has 2 aromatic carbocycles. The summed E-state index contributed by atoms with van der Waals surface area (Å²) in [6.45, 7) is 14.5. The Bertz CT molecular complexity index is 1780. The molecule has 2 aromatic heterocycles. The summed E-state index contributed by atoms with van der Waals surface area (Å²) in [6, 6.07) is 17.5. The first-order valence-electron chi connectivity index (χ1n) is 17.1. The number of esters is 1. The van der Waals surface area contributed by atoms with Crippen molar-refractivity contribution in [1.29, 1.82) is 0 Å². The number of nitrogens with one attached hydrogen (secondary N) is 2. The number of aromatic nitrogens is 2. The van der Waals surface area contributed by atoms with Gasteiger partial charge in [-0.1, -0.05) is 71.0 Å². The van der Waals surface area contributed by atoms with Crippen molar-refractivity contribution in [2.75, 3.05) is 44.1 Å². The van der Waals surface area contributed by atoms with Crippen molar-refractivity contribution in [3.8, 4) is 11.1 Å². The van der Waals surface area contributed by atoms with Crippen molar-refractivity contribution in [3.63, 3.8) is 0 Å². The lowest BCUT2D eigenvalue weighted by molar-refractivity contribution is -0.142. The van der Waals surface area contributed by atoms with Crippen molar-refractivity contribution in [3.05, 3.63) is 105 Å². The third-order valence-corrected chi connectivity index (χ3v) is 8.23. The minimum atomic E-state index is -0.390. The molecule has 0 saturated carbocycles. The fraction of sp³-hybridized carbons (Fsp3) is 0.400. The fourth-order valence-corrected chi connectivity index (χ4v) is 5.44. The zero-order valence-electron chi connectivity index (χ0n) is 31.1. The van der Waals surface area contributed by atoms with Crippen LogP contribution in [0.3, 0.4) is 0 Å². The molecular weight excluding hydrogens is 630 g/mol. The lowest BCUT2D eigenvalue weighted by Crippen LogP contribution is -2.23. The lowest BCUT2D eigenvalue weighted by atomic mass is 9.85. The molecule has 10 heteroatoms. The average molecular weight is 684 g/mol. The predicted octanol–water partition coefficient (Wildman–Crippen LogP) is 6.81. The van der Waals surface area contributed by atoms with E-state index in [1.54, 1.807) is 32.6 Å². The number of rotatable bonds is 15. The molecule has 0 spiro atoms. The summed E-state index contributed by atoms with van der Waals surface area (Å²) < 4.78 is 12.1. The summed E-state index contributed by atoms with van der Waals surface area (Å²) >= 11 is 0. The van der Waals surface area contributed by atoms with Gasteiger partial charge in [0.05, 0.1) is 6.61 Å². The normalized spacial score (nSPS) is 11.0. The standard InChI is InChI=1S/C38H47N5O5.C2H6/c1-26(45)48-25-33-32(9-8-10-35(33)42(5)17-15-28-19-31(38(2,3)4)13-12-29(28)24-44)30-20-34(37(46)43(6)23-30)41-36-14-11-27(22-40-36)21-39-16-18-47-7;1-2/h8-14,19-20,22-24,39H,15-18,21,25H2,1-7H3,(H,40,41);1-2H3. The molecule has 0 bridgehead atoms. The van der Waals surface area contributed by atoms with E-state index in [0.29, 0.717) is 43.2 Å². The van der Waals surface area contributed by atoms with E-state index < -0.39 is 0 Å². The van der Waals surface area contributed by atoms with Crippen LogP contribution in [-0.2, 0) is 46.3 Å². The first kappa shape index (κ1) is 39.6. The number of carbonyl (C=O) groups is 2. The van der Waals surface area contributed by atoms with E-state index in [2.05, 4.69) is 47.4 Å². The maximum absolute atomic E-state index is 13.2. The van der Waals surface area contributed by atoms with Crippen molar-refractivity contribution in [2.24, 2.45) is 7.05 Å². The number of ether oxygens (including phenoxy) is 2. The number of likely N-dealkylation sites (N-methyl/N-ethyl adjacent to an activating group) is 1. The van der Waals surface area contributed by atoms with Crippen LogP contribution in [0.25, 0.3) is 11.1 Å². The van der Waals surface area contributed by atoms with Gasteiger partial charge in [0, 0.05) is 82.5 Å². The molecule has 0 fully saturated rings. The van der Waals surface area contributed by atoms with Gasteiger partial charge in [-0.2, -0.15) is 0 Å². The van der Waals surface area contributed by atoms with Crippen LogP contribution in [0.2, 0.25) is 0 Å². The molecule has 2 heterocycles. The van der Waals surface area contributed by atoms with Crippen molar-refractivity contribution < 1.29 is 19.1 Å². The van der Waals surface area contributed by atoms with Crippen molar-refractivity contribution in [2.45, 2.75) is 66.5 Å². The monoisotopic (exact) mass is 683 g/mol. The Morgan fingerprint density at radius 1 is 1.08 bits per heavy atom. The van der Waals surface area contributed by atoms with Crippen LogP contribution in [-0.4, -0.2) is 55.7 Å². The summed E-state index contributed by atoms with van der Waals surface area (Å²) in [4.78, 5) is 43.7. The summed E-state index contributed by atoms with van der Waals surface area (Å²) in [5, 5.41) is 6.48. The number of nitrogens with zero attached hydrogens (tertiary/aromatic N) is 3. The number of aryl methyl sites for hydroxylation is 1. The summed E-state index contributed by atoms with van der Waals surface area (Å²) in [6.07, 6.45) is 5.10. The Morgan fingerprint density at radius 2 is 1.84 bits per heavy atom. The number of pyridine rings is 2. The molecule has 0 amide bonds.